The average Bonchev–Trinajstić information content (AvgIpc) is 3.10. The van der Waals surface area contributed by atoms with Crippen LogP contribution in [0, 0.1) is 0 Å². The maximum atomic E-state index is 12.4. The Kier molecular flexibility index (Phi) is 3.96. The summed E-state index contributed by atoms with van der Waals surface area (Å²) in [6.07, 6.45) is 3.13. The van der Waals surface area contributed by atoms with Gasteiger partial charge in [-0.3, -0.25) is 14.2 Å². The van der Waals surface area contributed by atoms with Gasteiger partial charge in [0.25, 0.3) is 11.5 Å². The monoisotopic (exact) mass is 348 g/mol. The van der Waals surface area contributed by atoms with Crippen LogP contribution in [0.4, 0.5) is 0 Å². The molecule has 4 rings (SSSR count). The van der Waals surface area contributed by atoms with Gasteiger partial charge in [-0.2, -0.15) is 5.10 Å². The Bertz CT molecular complexity index is 1100. The molecular weight excluding hydrogens is 332 g/mol. The van der Waals surface area contributed by atoms with E-state index >= 15 is 0 Å². The second kappa shape index (κ2) is 6.44. The first-order valence-corrected chi connectivity index (χ1v) is 8.28. The maximum absolute atomic E-state index is 12.4. The molecule has 0 saturated heterocycles. The Morgan fingerprint density at radius 1 is 1.27 bits per heavy atom. The van der Waals surface area contributed by atoms with Crippen molar-refractivity contribution < 1.29 is 9.90 Å². The van der Waals surface area contributed by atoms with Crippen LogP contribution in [-0.4, -0.2) is 26.8 Å². The van der Waals surface area contributed by atoms with Crippen molar-refractivity contribution in [3.8, 4) is 5.75 Å². The molecule has 0 spiro atoms. The lowest BCUT2D eigenvalue weighted by Crippen LogP contribution is -2.22. The summed E-state index contributed by atoms with van der Waals surface area (Å²) in [5.74, 6) is 0.493. The third-order valence-electron chi connectivity index (χ3n) is 4.33. The van der Waals surface area contributed by atoms with E-state index in [9.17, 15) is 14.7 Å². The topological polar surface area (TPSA) is 96.6 Å². The van der Waals surface area contributed by atoms with Crippen LogP contribution < -0.4 is 11.0 Å². The van der Waals surface area contributed by atoms with E-state index in [4.69, 9.17) is 0 Å². The summed E-state index contributed by atoms with van der Waals surface area (Å²) in [6.45, 7) is 0.698. The summed E-state index contributed by atoms with van der Waals surface area (Å²) in [4.78, 5) is 29.2. The first kappa shape index (κ1) is 16.0. The van der Waals surface area contributed by atoms with E-state index in [0.717, 1.165) is 18.7 Å². The number of aromatic hydroxyl groups is 1. The fourth-order valence-electron chi connectivity index (χ4n) is 3.06. The van der Waals surface area contributed by atoms with Crippen molar-refractivity contribution >= 4 is 23.0 Å². The molecule has 1 aromatic heterocycles. The number of phenols is 1. The molecule has 0 radical (unpaired) electrons. The standard InChI is InChI=1S/C19H16N4O3/c24-14-4-1-3-12(9-14)11-20-22-18(25)13-6-7-15-16(10-13)21-17-5-2-8-23(17)19(15)26/h1,3-4,6-7,9-11,24H,2,5,8H2,(H,22,25)/b20-11-. The van der Waals surface area contributed by atoms with E-state index in [1.54, 1.807) is 41.0 Å². The molecule has 3 aromatic rings. The number of hydrogen-bond acceptors (Lipinski definition) is 5. The molecule has 7 nitrogen and oxygen atoms in total. The van der Waals surface area contributed by atoms with Crippen LogP contribution >= 0.6 is 0 Å². The number of aromatic nitrogens is 2. The fourth-order valence-corrected chi connectivity index (χ4v) is 3.06. The zero-order valence-corrected chi connectivity index (χ0v) is 13.8. The van der Waals surface area contributed by atoms with Gasteiger partial charge in [0, 0.05) is 18.5 Å². The van der Waals surface area contributed by atoms with Crippen LogP contribution in [-0.2, 0) is 13.0 Å². The molecule has 1 amide bonds. The van der Waals surface area contributed by atoms with Gasteiger partial charge in [-0.1, -0.05) is 12.1 Å². The highest BCUT2D eigenvalue weighted by molar-refractivity contribution is 5.98. The zero-order valence-electron chi connectivity index (χ0n) is 13.8. The molecule has 7 heteroatoms. The fraction of sp³-hybridized carbons (Fsp3) is 0.158. The number of carbonyl (C=O) groups excluding carboxylic acids is 1. The quantitative estimate of drug-likeness (QED) is 0.557. The first-order chi connectivity index (χ1) is 12.6. The minimum atomic E-state index is -0.397. The molecule has 1 aliphatic rings. The van der Waals surface area contributed by atoms with E-state index in [1.165, 1.54) is 12.3 Å². The van der Waals surface area contributed by atoms with Gasteiger partial charge in [0.2, 0.25) is 0 Å². The number of nitrogens with one attached hydrogen (secondary N) is 1. The summed E-state index contributed by atoms with van der Waals surface area (Å²) < 4.78 is 1.70. The van der Waals surface area contributed by atoms with Gasteiger partial charge in [-0.15, -0.1) is 0 Å². The molecule has 2 heterocycles. The minimum absolute atomic E-state index is 0.0589. The lowest BCUT2D eigenvalue weighted by molar-refractivity contribution is 0.0955. The summed E-state index contributed by atoms with van der Waals surface area (Å²) in [6, 6.07) is 11.3. The summed E-state index contributed by atoms with van der Waals surface area (Å²) in [5.41, 5.74) is 3.93. The Balaban J connectivity index is 1.57. The van der Waals surface area contributed by atoms with Crippen LogP contribution in [0.1, 0.15) is 28.2 Å². The highest BCUT2D eigenvalue weighted by Gasteiger charge is 2.16. The second-order valence-corrected chi connectivity index (χ2v) is 6.11. The van der Waals surface area contributed by atoms with Crippen molar-refractivity contribution in [1.82, 2.24) is 15.0 Å². The van der Waals surface area contributed by atoms with Crippen molar-refractivity contribution in [2.24, 2.45) is 5.10 Å². The summed E-state index contributed by atoms with van der Waals surface area (Å²) in [7, 11) is 0. The molecular formula is C19H16N4O3. The highest BCUT2D eigenvalue weighted by atomic mass is 16.3. The molecule has 2 aromatic carbocycles. The van der Waals surface area contributed by atoms with Gasteiger partial charge < -0.3 is 5.11 Å². The number of fused-ring (bicyclic) bond motifs is 2. The van der Waals surface area contributed by atoms with Gasteiger partial charge in [0.05, 0.1) is 17.1 Å². The molecule has 130 valence electrons. The molecule has 0 bridgehead atoms. The van der Waals surface area contributed by atoms with Gasteiger partial charge in [0.1, 0.15) is 11.6 Å². The number of aryl methyl sites for hydroxylation is 1. The van der Waals surface area contributed by atoms with Gasteiger partial charge in [-0.25, -0.2) is 10.4 Å². The number of benzene rings is 2. The third kappa shape index (κ3) is 2.95. The van der Waals surface area contributed by atoms with Crippen LogP contribution in [0.3, 0.4) is 0 Å². The highest BCUT2D eigenvalue weighted by Crippen LogP contribution is 2.16. The van der Waals surface area contributed by atoms with E-state index in [1.807, 2.05) is 0 Å². The Morgan fingerprint density at radius 2 is 2.15 bits per heavy atom. The Labute approximate surface area is 148 Å². The predicted octanol–water partition coefficient (Wildman–Crippen LogP) is 1.81. The normalized spacial score (nSPS) is 13.2. The number of rotatable bonds is 3. The van der Waals surface area contributed by atoms with Crippen molar-refractivity contribution in [2.45, 2.75) is 19.4 Å². The summed E-state index contributed by atoms with van der Waals surface area (Å²) in [5, 5.41) is 13.8. The van der Waals surface area contributed by atoms with E-state index in [2.05, 4.69) is 15.5 Å². The van der Waals surface area contributed by atoms with Crippen LogP contribution in [0.2, 0.25) is 0 Å². The van der Waals surface area contributed by atoms with Gasteiger partial charge in [0.15, 0.2) is 0 Å². The lowest BCUT2D eigenvalue weighted by Gasteiger charge is -2.06. The second-order valence-electron chi connectivity index (χ2n) is 6.11. The lowest BCUT2D eigenvalue weighted by atomic mass is 10.1. The molecule has 0 aliphatic carbocycles. The number of phenolic OH excluding ortho intramolecular Hbond substituents is 1. The number of hydrazone groups is 1. The largest absolute Gasteiger partial charge is 0.508 e. The number of nitrogens with zero attached hydrogens (tertiary/aromatic N) is 3. The van der Waals surface area contributed by atoms with E-state index in [0.29, 0.717) is 28.6 Å². The van der Waals surface area contributed by atoms with E-state index < -0.39 is 5.91 Å². The molecule has 2 N–H and O–H groups in total. The molecule has 26 heavy (non-hydrogen) atoms. The SMILES string of the molecule is O=C(N/N=C\c1cccc(O)c1)c1ccc2c(=O)n3c(nc2c1)CCC3. The molecule has 0 fully saturated rings. The van der Waals surface area contributed by atoms with Gasteiger partial charge >= 0.3 is 0 Å². The average molecular weight is 348 g/mol. The van der Waals surface area contributed by atoms with Gasteiger partial charge in [-0.05, 0) is 42.3 Å². The summed E-state index contributed by atoms with van der Waals surface area (Å²) >= 11 is 0. The minimum Gasteiger partial charge on any atom is -0.508 e. The Morgan fingerprint density at radius 3 is 3.00 bits per heavy atom. The van der Waals surface area contributed by atoms with Crippen LogP contribution in [0.25, 0.3) is 10.9 Å². The van der Waals surface area contributed by atoms with Crippen LogP contribution in [0.15, 0.2) is 52.4 Å². The zero-order chi connectivity index (χ0) is 18.1. The van der Waals surface area contributed by atoms with Crippen molar-refractivity contribution in [3.05, 3.63) is 69.8 Å². The third-order valence-corrected chi connectivity index (χ3v) is 4.33. The smallest absolute Gasteiger partial charge is 0.271 e. The van der Waals surface area contributed by atoms with E-state index in [-0.39, 0.29) is 11.3 Å². The van der Waals surface area contributed by atoms with Crippen LogP contribution in [0.5, 0.6) is 5.75 Å². The first-order valence-electron chi connectivity index (χ1n) is 8.28. The number of amides is 1. The maximum Gasteiger partial charge on any atom is 0.271 e. The molecule has 0 atom stereocenters. The van der Waals surface area contributed by atoms with Crippen molar-refractivity contribution in [1.29, 1.82) is 0 Å². The van der Waals surface area contributed by atoms with Crippen molar-refractivity contribution in [3.63, 3.8) is 0 Å². The predicted molar refractivity (Wildman–Crippen MR) is 97.5 cm³/mol. The molecule has 0 unspecified atom stereocenters. The number of carbonyl (C=O) groups is 1. The Hall–Kier alpha value is -3.48. The number of hydrogen-bond donors (Lipinski definition) is 2. The van der Waals surface area contributed by atoms with Crippen molar-refractivity contribution in [2.75, 3.05) is 0 Å². The molecule has 0 saturated carbocycles. The molecule has 1 aliphatic heterocycles.